The first-order chi connectivity index (χ1) is 15.6. The van der Waals surface area contributed by atoms with Crippen molar-refractivity contribution in [3.05, 3.63) is 0 Å². The minimum atomic E-state index is -0.419. The highest BCUT2D eigenvalue weighted by Crippen LogP contribution is 2.18. The maximum atomic E-state index is 12.1. The van der Waals surface area contributed by atoms with Crippen LogP contribution in [0.25, 0.3) is 0 Å². The molecule has 0 saturated heterocycles. The predicted octanol–water partition coefficient (Wildman–Crippen LogP) is 6.14. The Morgan fingerprint density at radius 3 is 1.88 bits per heavy atom. The lowest BCUT2D eigenvalue weighted by atomic mass is 10.0. The maximum absolute atomic E-state index is 12.1. The molecule has 1 aliphatic rings. The summed E-state index contributed by atoms with van der Waals surface area (Å²) < 4.78 is 0. The quantitative estimate of drug-likeness (QED) is 0.183. The number of hydrogen-bond acceptors (Lipinski definition) is 3. The summed E-state index contributed by atoms with van der Waals surface area (Å²) in [5, 5.41) is 6.07. The van der Waals surface area contributed by atoms with Gasteiger partial charge in [0.05, 0.1) is 6.04 Å². The molecule has 32 heavy (non-hydrogen) atoms. The van der Waals surface area contributed by atoms with Crippen LogP contribution in [-0.2, 0) is 9.59 Å². The molecule has 0 spiro atoms. The zero-order valence-corrected chi connectivity index (χ0v) is 21.1. The highest BCUT2D eigenvalue weighted by atomic mass is 16.2. The lowest BCUT2D eigenvalue weighted by Gasteiger charge is -2.16. The number of amides is 2. The Kier molecular flexibility index (Phi) is 18.5. The Balaban J connectivity index is 1.81. The van der Waals surface area contributed by atoms with Gasteiger partial charge in [-0.2, -0.15) is 0 Å². The normalized spacial score (nSPS) is 15.1. The van der Waals surface area contributed by atoms with Crippen LogP contribution in [0.15, 0.2) is 0 Å². The molecular formula is C27H53N3O2. The summed E-state index contributed by atoms with van der Waals surface area (Å²) in [7, 11) is 0. The van der Waals surface area contributed by atoms with Gasteiger partial charge in [-0.15, -0.1) is 0 Å². The molecule has 1 rings (SSSR count). The molecule has 1 saturated carbocycles. The maximum Gasteiger partial charge on any atom is 0.237 e. The fourth-order valence-electron chi connectivity index (χ4n) is 4.62. The molecule has 5 nitrogen and oxygen atoms in total. The number of unbranched alkanes of at least 4 members (excludes halogenated alkanes) is 13. The van der Waals surface area contributed by atoms with E-state index in [1.165, 1.54) is 83.5 Å². The number of carbonyl (C=O) groups excluding carboxylic acids is 2. The summed E-state index contributed by atoms with van der Waals surface area (Å²) in [4.78, 5) is 24.0. The van der Waals surface area contributed by atoms with Crippen molar-refractivity contribution in [2.24, 2.45) is 5.73 Å². The summed E-state index contributed by atoms with van der Waals surface area (Å²) in [6, 6.07) is -0.0879. The Morgan fingerprint density at radius 1 is 0.781 bits per heavy atom. The third-order valence-electron chi connectivity index (χ3n) is 6.81. The smallest absolute Gasteiger partial charge is 0.237 e. The van der Waals surface area contributed by atoms with Crippen LogP contribution >= 0.6 is 0 Å². The standard InChI is InChI=1S/C27H53N3O2/c1-2-3-4-5-6-7-8-9-10-11-12-13-14-22-26(31)29-23-18-17-21-25(28)27(32)30-24-19-15-16-20-24/h24-25H,2-23,28H2,1H3,(H,29,31)(H,30,32). The van der Waals surface area contributed by atoms with Crippen molar-refractivity contribution in [2.75, 3.05) is 6.54 Å². The van der Waals surface area contributed by atoms with E-state index in [1.807, 2.05) is 0 Å². The van der Waals surface area contributed by atoms with Crippen molar-refractivity contribution in [1.29, 1.82) is 0 Å². The molecule has 0 heterocycles. The monoisotopic (exact) mass is 451 g/mol. The molecule has 0 bridgehead atoms. The van der Waals surface area contributed by atoms with E-state index in [1.54, 1.807) is 0 Å². The number of nitrogens with two attached hydrogens (primary N) is 1. The Bertz CT molecular complexity index is 464. The third-order valence-corrected chi connectivity index (χ3v) is 6.81. The second-order valence-electron chi connectivity index (χ2n) is 9.93. The third kappa shape index (κ3) is 16.5. The molecule has 1 unspecified atom stereocenters. The Labute approximate surface area is 198 Å². The van der Waals surface area contributed by atoms with Crippen molar-refractivity contribution >= 4 is 11.8 Å². The molecule has 5 heteroatoms. The van der Waals surface area contributed by atoms with Crippen molar-refractivity contribution < 1.29 is 9.59 Å². The van der Waals surface area contributed by atoms with Gasteiger partial charge in [0.25, 0.3) is 0 Å². The highest BCUT2D eigenvalue weighted by molar-refractivity contribution is 5.81. The van der Waals surface area contributed by atoms with Gasteiger partial charge in [-0.3, -0.25) is 9.59 Å². The number of hydrogen-bond donors (Lipinski definition) is 3. The molecule has 0 aromatic carbocycles. The van der Waals surface area contributed by atoms with E-state index in [0.717, 1.165) is 38.5 Å². The molecule has 188 valence electrons. The minimum absolute atomic E-state index is 0.0108. The van der Waals surface area contributed by atoms with Gasteiger partial charge in [-0.05, 0) is 38.5 Å². The van der Waals surface area contributed by atoms with E-state index in [4.69, 9.17) is 5.73 Å². The second kappa shape index (κ2) is 20.5. The first-order valence-electron chi connectivity index (χ1n) is 14.0. The zero-order valence-electron chi connectivity index (χ0n) is 21.1. The van der Waals surface area contributed by atoms with Crippen molar-refractivity contribution in [3.63, 3.8) is 0 Å². The van der Waals surface area contributed by atoms with Crippen molar-refractivity contribution in [2.45, 2.75) is 154 Å². The van der Waals surface area contributed by atoms with Gasteiger partial charge in [-0.25, -0.2) is 0 Å². The lowest BCUT2D eigenvalue weighted by molar-refractivity contribution is -0.123. The summed E-state index contributed by atoms with van der Waals surface area (Å²) in [6.45, 7) is 2.96. The van der Waals surface area contributed by atoms with E-state index in [-0.39, 0.29) is 11.8 Å². The van der Waals surface area contributed by atoms with Gasteiger partial charge in [0, 0.05) is 19.0 Å². The van der Waals surface area contributed by atoms with Crippen LogP contribution in [0.2, 0.25) is 0 Å². The van der Waals surface area contributed by atoms with E-state index < -0.39 is 6.04 Å². The Hall–Kier alpha value is -1.10. The molecule has 0 aromatic heterocycles. The van der Waals surface area contributed by atoms with Crippen LogP contribution in [0.5, 0.6) is 0 Å². The fraction of sp³-hybridized carbons (Fsp3) is 0.926. The fourth-order valence-corrected chi connectivity index (χ4v) is 4.62. The zero-order chi connectivity index (χ0) is 23.3. The van der Waals surface area contributed by atoms with Crippen LogP contribution in [0.3, 0.4) is 0 Å². The first-order valence-corrected chi connectivity index (χ1v) is 14.0. The van der Waals surface area contributed by atoms with Crippen LogP contribution < -0.4 is 16.4 Å². The second-order valence-corrected chi connectivity index (χ2v) is 9.93. The first kappa shape index (κ1) is 28.9. The molecule has 0 aliphatic heterocycles. The van der Waals surface area contributed by atoms with Crippen LogP contribution in [0.4, 0.5) is 0 Å². The summed E-state index contributed by atoms with van der Waals surface area (Å²) in [6.07, 6.45) is 24.9. The van der Waals surface area contributed by atoms with E-state index in [0.29, 0.717) is 25.4 Å². The molecule has 1 aliphatic carbocycles. The van der Waals surface area contributed by atoms with Gasteiger partial charge < -0.3 is 16.4 Å². The predicted molar refractivity (Wildman–Crippen MR) is 136 cm³/mol. The van der Waals surface area contributed by atoms with Crippen LogP contribution in [-0.4, -0.2) is 30.4 Å². The number of rotatable bonds is 21. The van der Waals surface area contributed by atoms with Gasteiger partial charge in [0.15, 0.2) is 0 Å². The molecule has 0 aromatic rings. The van der Waals surface area contributed by atoms with Gasteiger partial charge in [0.1, 0.15) is 0 Å². The van der Waals surface area contributed by atoms with Crippen LogP contribution in [0.1, 0.15) is 142 Å². The van der Waals surface area contributed by atoms with Crippen molar-refractivity contribution in [3.8, 4) is 0 Å². The summed E-state index contributed by atoms with van der Waals surface area (Å²) in [5.74, 6) is 0.152. The lowest BCUT2D eigenvalue weighted by Crippen LogP contribution is -2.44. The molecular weight excluding hydrogens is 398 g/mol. The van der Waals surface area contributed by atoms with E-state index in [2.05, 4.69) is 17.6 Å². The van der Waals surface area contributed by atoms with Gasteiger partial charge in [-0.1, -0.05) is 96.8 Å². The van der Waals surface area contributed by atoms with Crippen molar-refractivity contribution in [1.82, 2.24) is 10.6 Å². The average Bonchev–Trinajstić information content (AvgIpc) is 3.29. The highest BCUT2D eigenvalue weighted by Gasteiger charge is 2.20. The SMILES string of the molecule is CCCCCCCCCCCCCCCC(=O)NCCCCC(N)C(=O)NC1CCCC1. The number of carbonyl (C=O) groups is 2. The molecule has 1 fully saturated rings. The molecule has 0 radical (unpaired) electrons. The Morgan fingerprint density at radius 2 is 1.31 bits per heavy atom. The molecule has 2 amide bonds. The molecule has 4 N–H and O–H groups in total. The minimum Gasteiger partial charge on any atom is -0.356 e. The molecule has 1 atom stereocenters. The van der Waals surface area contributed by atoms with Gasteiger partial charge >= 0.3 is 0 Å². The van der Waals surface area contributed by atoms with Crippen LogP contribution in [0, 0.1) is 0 Å². The largest absolute Gasteiger partial charge is 0.356 e. The topological polar surface area (TPSA) is 84.2 Å². The van der Waals surface area contributed by atoms with Gasteiger partial charge in [0.2, 0.25) is 11.8 Å². The summed E-state index contributed by atoms with van der Waals surface area (Å²) >= 11 is 0. The van der Waals surface area contributed by atoms with E-state index in [9.17, 15) is 9.59 Å². The number of nitrogens with one attached hydrogen (secondary N) is 2. The summed E-state index contributed by atoms with van der Waals surface area (Å²) in [5.41, 5.74) is 6.00. The van der Waals surface area contributed by atoms with E-state index >= 15 is 0 Å². The average molecular weight is 452 g/mol.